The van der Waals surface area contributed by atoms with Gasteiger partial charge < -0.3 is 9.30 Å². The summed E-state index contributed by atoms with van der Waals surface area (Å²) in [6, 6.07) is 9.84. The summed E-state index contributed by atoms with van der Waals surface area (Å²) in [4.78, 5) is 29.2. The molecule has 0 spiro atoms. The Morgan fingerprint density at radius 1 is 1.32 bits per heavy atom. The van der Waals surface area contributed by atoms with Crippen molar-refractivity contribution in [1.82, 2.24) is 14.3 Å². The molecular formula is C18H18N4O3. The van der Waals surface area contributed by atoms with Gasteiger partial charge in [-0.15, -0.1) is 0 Å². The van der Waals surface area contributed by atoms with Crippen molar-refractivity contribution in [2.24, 2.45) is 0 Å². The minimum absolute atomic E-state index is 0.00778. The zero-order valence-corrected chi connectivity index (χ0v) is 14.2. The van der Waals surface area contributed by atoms with E-state index in [1.165, 1.54) is 17.0 Å². The molecule has 0 saturated carbocycles. The topological polar surface area (TPSA) is 80.8 Å². The SMILES string of the molecule is Cc1ccn2cc(C(=O)N(C)C(C)c3cccc([N+](=O)[O-])c3)nc2c1. The van der Waals surface area contributed by atoms with Crippen LogP contribution in [0.1, 0.15) is 34.6 Å². The van der Waals surface area contributed by atoms with Crippen LogP contribution in [0, 0.1) is 17.0 Å². The molecule has 0 bridgehead atoms. The first-order valence-electron chi connectivity index (χ1n) is 7.83. The van der Waals surface area contributed by atoms with Crippen LogP contribution in [0.25, 0.3) is 5.65 Å². The molecule has 0 saturated heterocycles. The number of benzene rings is 1. The number of imidazole rings is 1. The van der Waals surface area contributed by atoms with Gasteiger partial charge in [0.2, 0.25) is 0 Å². The molecule has 0 aliphatic heterocycles. The number of nitrogens with zero attached hydrogens (tertiary/aromatic N) is 4. The number of rotatable bonds is 4. The quantitative estimate of drug-likeness (QED) is 0.539. The molecule has 3 aromatic rings. The average molecular weight is 338 g/mol. The fourth-order valence-electron chi connectivity index (χ4n) is 2.67. The van der Waals surface area contributed by atoms with Crippen molar-refractivity contribution in [2.45, 2.75) is 19.9 Å². The number of nitro benzene ring substituents is 1. The van der Waals surface area contributed by atoms with Crippen LogP contribution < -0.4 is 0 Å². The van der Waals surface area contributed by atoms with Gasteiger partial charge in [-0.25, -0.2) is 4.98 Å². The zero-order chi connectivity index (χ0) is 18.1. The Balaban J connectivity index is 1.87. The van der Waals surface area contributed by atoms with Crippen molar-refractivity contribution in [2.75, 3.05) is 7.05 Å². The van der Waals surface area contributed by atoms with Gasteiger partial charge in [-0.05, 0) is 37.1 Å². The Morgan fingerprint density at radius 3 is 2.80 bits per heavy atom. The Kier molecular flexibility index (Phi) is 4.22. The fraction of sp³-hybridized carbons (Fsp3) is 0.222. The molecule has 7 nitrogen and oxygen atoms in total. The Labute approximate surface area is 144 Å². The second-order valence-electron chi connectivity index (χ2n) is 6.04. The van der Waals surface area contributed by atoms with E-state index >= 15 is 0 Å². The molecular weight excluding hydrogens is 320 g/mol. The number of non-ortho nitro benzene ring substituents is 1. The van der Waals surface area contributed by atoms with Crippen molar-refractivity contribution >= 4 is 17.2 Å². The van der Waals surface area contributed by atoms with Gasteiger partial charge in [0, 0.05) is 31.6 Å². The first kappa shape index (κ1) is 16.6. The molecule has 0 fully saturated rings. The van der Waals surface area contributed by atoms with Gasteiger partial charge in [0.05, 0.1) is 11.0 Å². The van der Waals surface area contributed by atoms with E-state index in [1.807, 2.05) is 32.2 Å². The molecule has 1 atom stereocenters. The van der Waals surface area contributed by atoms with Crippen molar-refractivity contribution in [3.8, 4) is 0 Å². The van der Waals surface area contributed by atoms with E-state index in [0.29, 0.717) is 16.9 Å². The second kappa shape index (κ2) is 6.35. The molecule has 25 heavy (non-hydrogen) atoms. The lowest BCUT2D eigenvalue weighted by Gasteiger charge is -2.24. The minimum atomic E-state index is -0.442. The van der Waals surface area contributed by atoms with Crippen LogP contribution in [0.15, 0.2) is 48.8 Å². The largest absolute Gasteiger partial charge is 0.334 e. The van der Waals surface area contributed by atoms with Gasteiger partial charge in [0.1, 0.15) is 11.3 Å². The highest BCUT2D eigenvalue weighted by Gasteiger charge is 2.22. The molecule has 0 radical (unpaired) electrons. The number of carbonyl (C=O) groups excluding carboxylic acids is 1. The van der Waals surface area contributed by atoms with Crippen LogP contribution in [0.5, 0.6) is 0 Å². The average Bonchev–Trinajstić information content (AvgIpc) is 3.02. The summed E-state index contributed by atoms with van der Waals surface area (Å²) in [5, 5.41) is 10.9. The first-order valence-corrected chi connectivity index (χ1v) is 7.83. The van der Waals surface area contributed by atoms with Gasteiger partial charge in [0.25, 0.3) is 11.6 Å². The zero-order valence-electron chi connectivity index (χ0n) is 14.2. The third-order valence-corrected chi connectivity index (χ3v) is 4.30. The van der Waals surface area contributed by atoms with E-state index in [9.17, 15) is 14.9 Å². The number of hydrogen-bond donors (Lipinski definition) is 0. The lowest BCUT2D eigenvalue weighted by molar-refractivity contribution is -0.384. The third kappa shape index (κ3) is 3.21. The van der Waals surface area contributed by atoms with Crippen LogP contribution >= 0.6 is 0 Å². The van der Waals surface area contributed by atoms with Crippen LogP contribution in [0.3, 0.4) is 0 Å². The van der Waals surface area contributed by atoms with E-state index in [0.717, 1.165) is 5.56 Å². The van der Waals surface area contributed by atoms with E-state index in [1.54, 1.807) is 29.8 Å². The molecule has 1 aromatic carbocycles. The molecule has 7 heteroatoms. The Morgan fingerprint density at radius 2 is 2.08 bits per heavy atom. The summed E-state index contributed by atoms with van der Waals surface area (Å²) < 4.78 is 1.80. The molecule has 2 heterocycles. The standard InChI is InChI=1S/C18H18N4O3/c1-12-7-8-21-11-16(19-17(21)9-12)18(23)20(3)13(2)14-5-4-6-15(10-14)22(24)25/h4-11,13H,1-3H3. The molecule has 1 unspecified atom stereocenters. The van der Waals surface area contributed by atoms with Gasteiger partial charge >= 0.3 is 0 Å². The van der Waals surface area contributed by atoms with Crippen molar-refractivity contribution < 1.29 is 9.72 Å². The van der Waals surface area contributed by atoms with E-state index in [-0.39, 0.29) is 17.6 Å². The molecule has 0 aliphatic rings. The number of hydrogen-bond acceptors (Lipinski definition) is 4. The molecule has 0 aliphatic carbocycles. The highest BCUT2D eigenvalue weighted by Crippen LogP contribution is 2.24. The number of carbonyl (C=O) groups is 1. The number of aromatic nitrogens is 2. The molecule has 0 N–H and O–H groups in total. The third-order valence-electron chi connectivity index (χ3n) is 4.30. The first-order chi connectivity index (χ1) is 11.9. The summed E-state index contributed by atoms with van der Waals surface area (Å²) in [6.45, 7) is 3.80. The van der Waals surface area contributed by atoms with E-state index in [4.69, 9.17) is 0 Å². The summed E-state index contributed by atoms with van der Waals surface area (Å²) in [6.07, 6.45) is 3.55. The van der Waals surface area contributed by atoms with Crippen molar-refractivity contribution in [3.05, 3.63) is 75.7 Å². The van der Waals surface area contributed by atoms with Crippen molar-refractivity contribution in [1.29, 1.82) is 0 Å². The lowest BCUT2D eigenvalue weighted by atomic mass is 10.1. The van der Waals surface area contributed by atoms with Crippen LogP contribution in [-0.2, 0) is 0 Å². The number of amides is 1. The molecule has 3 rings (SSSR count). The predicted octanol–water partition coefficient (Wildman–Crippen LogP) is 3.38. The monoisotopic (exact) mass is 338 g/mol. The molecule has 128 valence electrons. The van der Waals surface area contributed by atoms with Crippen LogP contribution in [-0.4, -0.2) is 32.2 Å². The summed E-state index contributed by atoms with van der Waals surface area (Å²) in [5.41, 5.74) is 2.82. The maximum Gasteiger partial charge on any atom is 0.274 e. The van der Waals surface area contributed by atoms with Gasteiger partial charge in [0.15, 0.2) is 0 Å². The highest BCUT2D eigenvalue weighted by atomic mass is 16.6. The Bertz CT molecular complexity index is 964. The number of fused-ring (bicyclic) bond motifs is 1. The summed E-state index contributed by atoms with van der Waals surface area (Å²) in [7, 11) is 1.67. The van der Waals surface area contributed by atoms with Crippen molar-refractivity contribution in [3.63, 3.8) is 0 Å². The summed E-state index contributed by atoms with van der Waals surface area (Å²) >= 11 is 0. The van der Waals surface area contributed by atoms with Gasteiger partial charge in [-0.2, -0.15) is 0 Å². The number of pyridine rings is 1. The van der Waals surface area contributed by atoms with Crippen LogP contribution in [0.2, 0.25) is 0 Å². The van der Waals surface area contributed by atoms with E-state index < -0.39 is 4.92 Å². The Hall–Kier alpha value is -3.22. The predicted molar refractivity (Wildman–Crippen MR) is 93.5 cm³/mol. The maximum absolute atomic E-state index is 12.7. The highest BCUT2D eigenvalue weighted by molar-refractivity contribution is 5.93. The smallest absolute Gasteiger partial charge is 0.274 e. The van der Waals surface area contributed by atoms with Crippen LogP contribution in [0.4, 0.5) is 5.69 Å². The maximum atomic E-state index is 12.7. The molecule has 1 amide bonds. The fourth-order valence-corrected chi connectivity index (χ4v) is 2.67. The number of aryl methyl sites for hydroxylation is 1. The molecule has 2 aromatic heterocycles. The van der Waals surface area contributed by atoms with Gasteiger partial charge in [-0.1, -0.05) is 12.1 Å². The normalized spacial score (nSPS) is 12.1. The lowest BCUT2D eigenvalue weighted by Crippen LogP contribution is -2.30. The minimum Gasteiger partial charge on any atom is -0.334 e. The van der Waals surface area contributed by atoms with E-state index in [2.05, 4.69) is 4.98 Å². The summed E-state index contributed by atoms with van der Waals surface area (Å²) in [5.74, 6) is -0.236. The second-order valence-corrected chi connectivity index (χ2v) is 6.04. The number of nitro groups is 1. The van der Waals surface area contributed by atoms with Gasteiger partial charge in [-0.3, -0.25) is 14.9 Å².